The highest BCUT2D eigenvalue weighted by molar-refractivity contribution is 7.04. The number of benzene rings is 1. The summed E-state index contributed by atoms with van der Waals surface area (Å²) < 4.78 is 20.3. The third-order valence-electron chi connectivity index (χ3n) is 5.26. The molecule has 0 aliphatic heterocycles. The predicted octanol–water partition coefficient (Wildman–Crippen LogP) is 3.85. The smallest absolute Gasteiger partial charge is 0.412 e. The van der Waals surface area contributed by atoms with Crippen molar-refractivity contribution in [3.8, 4) is 11.8 Å². The molecule has 0 atom stereocenters. The maximum atomic E-state index is 12.2. The number of carbonyl (C=O) groups is 2. The van der Waals surface area contributed by atoms with Crippen molar-refractivity contribution in [3.63, 3.8) is 0 Å². The van der Waals surface area contributed by atoms with E-state index in [9.17, 15) is 14.7 Å². The highest BCUT2D eigenvalue weighted by Gasteiger charge is 2.56. The Kier molecular flexibility index (Phi) is 5.07. The molecular formula is C22H16N4O6S. The second-order valence-corrected chi connectivity index (χ2v) is 8.12. The first kappa shape index (κ1) is 20.7. The van der Waals surface area contributed by atoms with Gasteiger partial charge in [-0.15, -0.1) is 0 Å². The topological polar surface area (TPSA) is 141 Å². The lowest BCUT2D eigenvalue weighted by molar-refractivity contribution is -0.140. The molecular weight excluding hydrogens is 448 g/mol. The van der Waals surface area contributed by atoms with E-state index in [1.807, 2.05) is 31.2 Å². The number of carboxylic acids is 1. The van der Waals surface area contributed by atoms with Gasteiger partial charge in [0.25, 0.3) is 5.89 Å². The van der Waals surface area contributed by atoms with Crippen LogP contribution in [0.4, 0.5) is 10.5 Å². The van der Waals surface area contributed by atoms with Gasteiger partial charge in [-0.3, -0.25) is 10.1 Å². The van der Waals surface area contributed by atoms with Crippen molar-refractivity contribution in [2.45, 2.75) is 31.8 Å². The van der Waals surface area contributed by atoms with E-state index in [2.05, 4.69) is 31.5 Å². The summed E-state index contributed by atoms with van der Waals surface area (Å²) in [5.74, 6) is 4.64. The van der Waals surface area contributed by atoms with Crippen molar-refractivity contribution in [3.05, 3.63) is 58.2 Å². The molecule has 3 aromatic heterocycles. The van der Waals surface area contributed by atoms with Crippen molar-refractivity contribution in [1.29, 1.82) is 0 Å². The average molecular weight is 464 g/mol. The minimum atomic E-state index is -1.08. The van der Waals surface area contributed by atoms with Gasteiger partial charge in [0.1, 0.15) is 12.0 Å². The highest BCUT2D eigenvalue weighted by atomic mass is 32.1. The van der Waals surface area contributed by atoms with Gasteiger partial charge in [-0.05, 0) is 48.3 Å². The zero-order chi connectivity index (χ0) is 23.0. The molecule has 4 aromatic rings. The first-order valence-corrected chi connectivity index (χ1v) is 10.7. The lowest BCUT2D eigenvalue weighted by Gasteiger charge is -2.07. The monoisotopic (exact) mass is 464 g/mol. The second-order valence-electron chi connectivity index (χ2n) is 7.49. The molecule has 1 aliphatic carbocycles. The molecule has 3 heterocycles. The number of fused-ring (bicyclic) bond motifs is 1. The summed E-state index contributed by atoms with van der Waals surface area (Å²) in [5, 5.41) is 13.6. The number of carbonyl (C=O) groups excluding carboxylic acids is 1. The molecule has 0 bridgehead atoms. The van der Waals surface area contributed by atoms with E-state index >= 15 is 0 Å². The van der Waals surface area contributed by atoms with Crippen molar-refractivity contribution in [2.75, 3.05) is 5.32 Å². The molecule has 11 heteroatoms. The molecule has 166 valence electrons. The van der Waals surface area contributed by atoms with Crippen molar-refractivity contribution >= 4 is 40.7 Å². The maximum absolute atomic E-state index is 12.2. The Labute approximate surface area is 190 Å². The van der Waals surface area contributed by atoms with Crippen LogP contribution in [-0.2, 0) is 21.6 Å². The van der Waals surface area contributed by atoms with Crippen LogP contribution in [0.15, 0.2) is 38.5 Å². The van der Waals surface area contributed by atoms with E-state index in [1.54, 1.807) is 5.38 Å². The molecule has 1 aromatic carbocycles. The minimum Gasteiger partial charge on any atom is -0.480 e. The van der Waals surface area contributed by atoms with Crippen LogP contribution in [-0.4, -0.2) is 31.5 Å². The lowest BCUT2D eigenvalue weighted by atomic mass is 10.1. The molecule has 0 saturated heterocycles. The van der Waals surface area contributed by atoms with Crippen molar-refractivity contribution < 1.29 is 28.3 Å². The summed E-state index contributed by atoms with van der Waals surface area (Å²) in [4.78, 5) is 31.8. The van der Waals surface area contributed by atoms with Gasteiger partial charge in [0.05, 0.1) is 5.69 Å². The van der Waals surface area contributed by atoms with E-state index in [-0.39, 0.29) is 29.8 Å². The fraction of sp³-hybridized carbons (Fsp3) is 0.227. The number of aliphatic carboxylic acids is 1. The average Bonchev–Trinajstić information content (AvgIpc) is 3.11. The Bertz CT molecular complexity index is 1400. The number of hydrogen-bond donors (Lipinski definition) is 2. The van der Waals surface area contributed by atoms with Crippen molar-refractivity contribution in [2.24, 2.45) is 0 Å². The number of nitrogens with one attached hydrogen (secondary N) is 1. The molecule has 1 saturated carbocycles. The van der Waals surface area contributed by atoms with Gasteiger partial charge in [-0.25, -0.2) is 4.79 Å². The fourth-order valence-electron chi connectivity index (χ4n) is 3.13. The number of aryl methyl sites for hydroxylation is 1. The minimum absolute atomic E-state index is 0.0123. The first-order chi connectivity index (χ1) is 15.9. The number of aromatic nitrogens is 3. The van der Waals surface area contributed by atoms with Crippen LogP contribution >= 0.6 is 11.5 Å². The summed E-state index contributed by atoms with van der Waals surface area (Å²) in [6.45, 7) is 2.09. The number of ether oxygens (including phenoxy) is 1. The zero-order valence-corrected chi connectivity index (χ0v) is 18.1. The van der Waals surface area contributed by atoms with Gasteiger partial charge < -0.3 is 18.7 Å². The van der Waals surface area contributed by atoms with Gasteiger partial charge in [-0.2, -0.15) is 14.3 Å². The van der Waals surface area contributed by atoms with Gasteiger partial charge in [0.2, 0.25) is 11.5 Å². The van der Waals surface area contributed by atoms with Crippen LogP contribution in [0.5, 0.6) is 0 Å². The zero-order valence-electron chi connectivity index (χ0n) is 17.2. The molecule has 0 unspecified atom stereocenters. The highest BCUT2D eigenvalue weighted by Crippen LogP contribution is 2.48. The molecule has 0 spiro atoms. The number of nitrogens with zero attached hydrogens (tertiary/aromatic N) is 3. The first-order valence-electron chi connectivity index (χ1n) is 9.90. The Morgan fingerprint density at radius 1 is 1.24 bits per heavy atom. The fourth-order valence-corrected chi connectivity index (χ4v) is 3.71. The Morgan fingerprint density at radius 2 is 2.06 bits per heavy atom. The van der Waals surface area contributed by atoms with Crippen LogP contribution in [0.2, 0.25) is 0 Å². The van der Waals surface area contributed by atoms with Gasteiger partial charge in [0.15, 0.2) is 5.69 Å². The van der Waals surface area contributed by atoms with E-state index in [4.69, 9.17) is 13.6 Å². The van der Waals surface area contributed by atoms with E-state index in [0.29, 0.717) is 24.2 Å². The molecule has 10 nitrogen and oxygen atoms in total. The van der Waals surface area contributed by atoms with Crippen LogP contribution in [0.25, 0.3) is 11.4 Å². The summed E-state index contributed by atoms with van der Waals surface area (Å²) in [6, 6.07) is 7.63. The van der Waals surface area contributed by atoms with E-state index in [1.165, 1.54) is 0 Å². The number of hydrogen-bond acceptors (Lipinski definition) is 9. The molecule has 2 N–H and O–H groups in total. The van der Waals surface area contributed by atoms with Gasteiger partial charge in [-0.1, -0.05) is 24.3 Å². The SMILES string of the molecule is Cc1ccccc1COC(=O)Nc1csnc1C#Cc1nc2nc(C3(C(=O)O)CC3)oc2o1. The summed E-state index contributed by atoms with van der Waals surface area (Å²) in [6.07, 6.45) is 0.301. The van der Waals surface area contributed by atoms with Crippen LogP contribution < -0.4 is 5.32 Å². The molecule has 1 fully saturated rings. The molecule has 5 rings (SSSR count). The summed E-state index contributed by atoms with van der Waals surface area (Å²) >= 11 is 1.12. The van der Waals surface area contributed by atoms with Crippen molar-refractivity contribution in [1.82, 2.24) is 14.3 Å². The molecule has 33 heavy (non-hydrogen) atoms. The largest absolute Gasteiger partial charge is 0.480 e. The third-order valence-corrected chi connectivity index (χ3v) is 5.89. The summed E-state index contributed by atoms with van der Waals surface area (Å²) in [5.41, 5.74) is 1.73. The maximum Gasteiger partial charge on any atom is 0.412 e. The van der Waals surface area contributed by atoms with Gasteiger partial charge in [0, 0.05) is 11.3 Å². The standard InChI is InChI=1S/C22H16N4O6S/c1-12-4-2-3-5-13(12)10-30-21(29)23-15-11-33-26-14(15)6-7-16-24-17-18(31-16)32-19(25-17)22(8-9-22)20(27)28/h2-5,11H,8-10H2,1H3,(H,23,29)(H,27,28). The normalized spacial score (nSPS) is 13.8. The predicted molar refractivity (Wildman–Crippen MR) is 116 cm³/mol. The number of carboxylic acid groups (broad SMARTS) is 1. The van der Waals surface area contributed by atoms with Crippen LogP contribution in [0.1, 0.15) is 41.4 Å². The third kappa shape index (κ3) is 4.04. The lowest BCUT2D eigenvalue weighted by Crippen LogP contribution is -2.19. The number of amides is 1. The molecule has 0 radical (unpaired) electrons. The molecule has 1 aliphatic rings. The number of rotatable bonds is 5. The number of anilines is 1. The van der Waals surface area contributed by atoms with Gasteiger partial charge >= 0.3 is 17.8 Å². The van der Waals surface area contributed by atoms with Crippen LogP contribution in [0, 0.1) is 18.8 Å². The molecule has 1 amide bonds. The summed E-state index contributed by atoms with van der Waals surface area (Å²) in [7, 11) is 0. The van der Waals surface area contributed by atoms with E-state index < -0.39 is 17.5 Å². The van der Waals surface area contributed by atoms with Crippen LogP contribution in [0.3, 0.4) is 0 Å². The van der Waals surface area contributed by atoms with E-state index in [0.717, 1.165) is 22.7 Å². The Balaban J connectivity index is 1.26. The Morgan fingerprint density at radius 3 is 2.79 bits per heavy atom. The number of oxazole rings is 2. The Hall–Kier alpha value is -4.17. The quantitative estimate of drug-likeness (QED) is 0.421. The second kappa shape index (κ2) is 8.07.